The number of hydrogen-bond donors (Lipinski definition) is 3. The van der Waals surface area contributed by atoms with Crippen LogP contribution in [0.1, 0.15) is 399 Å². The molecule has 2 unspecified atom stereocenters. The van der Waals surface area contributed by atoms with E-state index >= 15 is 0 Å². The fourth-order valence-corrected chi connectivity index (χ4v) is 11.2. The van der Waals surface area contributed by atoms with Crippen molar-refractivity contribution in [3.8, 4) is 0 Å². The standard InChI is InChI=1S/C70H137NO5/c1-3-5-7-9-11-13-15-17-35-39-42-46-50-54-58-62-68(73)67(66-72)71-69(74)63-59-55-51-47-43-40-36-33-31-29-27-25-23-21-19-18-20-22-24-26-28-30-32-34-37-41-45-49-53-57-61-65-76-70(75)64-60-56-52-48-44-38-16-14-12-10-8-6-4-2/h20,22,67-68,72-73H,3-19,21,23-66H2,1-2H3,(H,71,74)/b22-20-. The summed E-state index contributed by atoms with van der Waals surface area (Å²) in [6.45, 7) is 4.99. The Kier molecular flexibility index (Phi) is 64.9. The van der Waals surface area contributed by atoms with Gasteiger partial charge in [0.25, 0.3) is 0 Å². The highest BCUT2D eigenvalue weighted by Gasteiger charge is 2.20. The molecule has 0 aliphatic carbocycles. The second-order valence-electron chi connectivity index (χ2n) is 24.2. The van der Waals surface area contributed by atoms with Crippen LogP contribution in [0.15, 0.2) is 12.2 Å². The predicted molar refractivity (Wildman–Crippen MR) is 333 cm³/mol. The zero-order chi connectivity index (χ0) is 55.0. The largest absolute Gasteiger partial charge is 0.466 e. The number of aliphatic hydroxyl groups excluding tert-OH is 2. The van der Waals surface area contributed by atoms with Crippen molar-refractivity contribution in [3.63, 3.8) is 0 Å². The first-order valence-electron chi connectivity index (χ1n) is 34.9. The number of rotatable bonds is 66. The molecular weight excluding hydrogens is 935 g/mol. The van der Waals surface area contributed by atoms with E-state index in [4.69, 9.17) is 4.74 Å². The molecule has 0 aliphatic heterocycles. The first-order chi connectivity index (χ1) is 37.5. The van der Waals surface area contributed by atoms with Crippen LogP contribution in [0.5, 0.6) is 0 Å². The Morgan fingerprint density at radius 2 is 0.618 bits per heavy atom. The minimum absolute atomic E-state index is 0.0200. The molecule has 0 saturated carbocycles. The molecule has 0 heterocycles. The van der Waals surface area contributed by atoms with Crippen molar-refractivity contribution in [1.29, 1.82) is 0 Å². The van der Waals surface area contributed by atoms with Crippen molar-refractivity contribution in [1.82, 2.24) is 5.32 Å². The Labute approximate surface area is 476 Å². The summed E-state index contributed by atoms with van der Waals surface area (Å²) in [5.74, 6) is -0.00957. The number of hydrogen-bond acceptors (Lipinski definition) is 5. The summed E-state index contributed by atoms with van der Waals surface area (Å²) in [6.07, 6.45) is 81.2. The predicted octanol–water partition coefficient (Wildman–Crippen LogP) is 22.4. The second kappa shape index (κ2) is 66.1. The van der Waals surface area contributed by atoms with E-state index in [2.05, 4.69) is 31.3 Å². The number of esters is 1. The number of nitrogens with one attached hydrogen (secondary N) is 1. The first kappa shape index (κ1) is 74.6. The second-order valence-corrected chi connectivity index (χ2v) is 24.2. The van der Waals surface area contributed by atoms with Gasteiger partial charge in [-0.2, -0.15) is 0 Å². The Bertz CT molecular complexity index is 1140. The number of ether oxygens (including phenoxy) is 1. The molecule has 0 aromatic carbocycles. The van der Waals surface area contributed by atoms with Gasteiger partial charge < -0.3 is 20.3 Å². The minimum atomic E-state index is -0.662. The van der Waals surface area contributed by atoms with Crippen molar-refractivity contribution < 1.29 is 24.5 Å². The van der Waals surface area contributed by atoms with Crippen LogP contribution in [0.25, 0.3) is 0 Å². The summed E-state index contributed by atoms with van der Waals surface area (Å²) in [7, 11) is 0. The fourth-order valence-electron chi connectivity index (χ4n) is 11.2. The van der Waals surface area contributed by atoms with E-state index in [1.54, 1.807) is 0 Å². The average molecular weight is 1070 g/mol. The zero-order valence-electron chi connectivity index (χ0n) is 51.8. The van der Waals surface area contributed by atoms with E-state index in [-0.39, 0.29) is 18.5 Å². The molecule has 0 aliphatic rings. The lowest BCUT2D eigenvalue weighted by Crippen LogP contribution is -2.45. The molecule has 0 spiro atoms. The number of allylic oxidation sites excluding steroid dienone is 2. The molecule has 1 amide bonds. The van der Waals surface area contributed by atoms with Gasteiger partial charge in [-0.3, -0.25) is 9.59 Å². The van der Waals surface area contributed by atoms with E-state index in [0.717, 1.165) is 38.5 Å². The molecule has 0 saturated heterocycles. The maximum Gasteiger partial charge on any atom is 0.305 e. The van der Waals surface area contributed by atoms with E-state index in [0.29, 0.717) is 25.9 Å². The van der Waals surface area contributed by atoms with Crippen LogP contribution in [0.3, 0.4) is 0 Å². The monoisotopic (exact) mass is 1070 g/mol. The van der Waals surface area contributed by atoms with Gasteiger partial charge in [-0.25, -0.2) is 0 Å². The van der Waals surface area contributed by atoms with Gasteiger partial charge in [0.15, 0.2) is 0 Å². The fraction of sp³-hybridized carbons (Fsp3) is 0.943. The molecule has 452 valence electrons. The van der Waals surface area contributed by atoms with Gasteiger partial charge in [0, 0.05) is 12.8 Å². The van der Waals surface area contributed by atoms with Crippen molar-refractivity contribution >= 4 is 11.9 Å². The van der Waals surface area contributed by atoms with Crippen LogP contribution in [0.4, 0.5) is 0 Å². The molecule has 2 atom stereocenters. The third-order valence-corrected chi connectivity index (χ3v) is 16.6. The summed E-state index contributed by atoms with van der Waals surface area (Å²) < 4.78 is 5.49. The summed E-state index contributed by atoms with van der Waals surface area (Å²) >= 11 is 0. The molecular formula is C70H137NO5. The van der Waals surface area contributed by atoms with Gasteiger partial charge in [0.05, 0.1) is 25.4 Å². The minimum Gasteiger partial charge on any atom is -0.466 e. The lowest BCUT2D eigenvalue weighted by Gasteiger charge is -2.22. The Hall–Kier alpha value is -1.40. The third-order valence-electron chi connectivity index (χ3n) is 16.6. The van der Waals surface area contributed by atoms with Crippen LogP contribution in [-0.2, 0) is 14.3 Å². The molecule has 76 heavy (non-hydrogen) atoms. The van der Waals surface area contributed by atoms with Gasteiger partial charge in [0.2, 0.25) is 5.91 Å². The molecule has 0 aromatic heterocycles. The molecule has 0 aromatic rings. The summed E-state index contributed by atoms with van der Waals surface area (Å²) in [5, 5.41) is 23.3. The molecule has 0 rings (SSSR count). The van der Waals surface area contributed by atoms with Crippen LogP contribution in [-0.4, -0.2) is 47.4 Å². The maximum absolute atomic E-state index is 12.5. The number of carbonyl (C=O) groups is 2. The molecule has 0 fully saturated rings. The smallest absolute Gasteiger partial charge is 0.305 e. The summed E-state index contributed by atoms with van der Waals surface area (Å²) in [5.41, 5.74) is 0. The number of amides is 1. The van der Waals surface area contributed by atoms with Crippen molar-refractivity contribution in [3.05, 3.63) is 12.2 Å². The van der Waals surface area contributed by atoms with Crippen molar-refractivity contribution in [2.75, 3.05) is 13.2 Å². The normalized spacial score (nSPS) is 12.5. The Morgan fingerprint density at radius 3 is 0.934 bits per heavy atom. The van der Waals surface area contributed by atoms with Gasteiger partial charge in [0.1, 0.15) is 0 Å². The van der Waals surface area contributed by atoms with E-state index in [1.165, 1.54) is 327 Å². The summed E-state index contributed by atoms with van der Waals surface area (Å²) in [6, 6.07) is -0.539. The Morgan fingerprint density at radius 1 is 0.355 bits per heavy atom. The van der Waals surface area contributed by atoms with Crippen LogP contribution in [0.2, 0.25) is 0 Å². The van der Waals surface area contributed by atoms with Gasteiger partial charge in [-0.15, -0.1) is 0 Å². The molecule has 0 bridgehead atoms. The first-order valence-corrected chi connectivity index (χ1v) is 34.9. The molecule has 6 heteroatoms. The lowest BCUT2D eigenvalue weighted by molar-refractivity contribution is -0.143. The van der Waals surface area contributed by atoms with E-state index in [1.807, 2.05) is 0 Å². The zero-order valence-corrected chi connectivity index (χ0v) is 51.8. The van der Waals surface area contributed by atoms with Crippen LogP contribution >= 0.6 is 0 Å². The van der Waals surface area contributed by atoms with Crippen LogP contribution < -0.4 is 5.32 Å². The quantitative estimate of drug-likeness (QED) is 0.0320. The SMILES string of the molecule is CCCCCCCCCCCCCCCCCC(O)C(CO)NC(=O)CCCCCCCCCCCCCCCCC/C=C\CCCCCCCCCCCCCCOC(=O)CCCCCCCCCCCCCCC. The highest BCUT2D eigenvalue weighted by molar-refractivity contribution is 5.76. The number of aliphatic hydroxyl groups is 2. The topological polar surface area (TPSA) is 95.9 Å². The summed E-state index contributed by atoms with van der Waals surface area (Å²) in [4.78, 5) is 24.5. The molecule has 0 radical (unpaired) electrons. The highest BCUT2D eigenvalue weighted by Crippen LogP contribution is 2.19. The molecule has 6 nitrogen and oxygen atoms in total. The lowest BCUT2D eigenvalue weighted by atomic mass is 10.0. The number of carbonyl (C=O) groups excluding carboxylic acids is 2. The van der Waals surface area contributed by atoms with Gasteiger partial charge >= 0.3 is 5.97 Å². The Balaban J connectivity index is 3.34. The van der Waals surface area contributed by atoms with E-state index < -0.39 is 12.1 Å². The molecule has 3 N–H and O–H groups in total. The van der Waals surface area contributed by atoms with Gasteiger partial charge in [-0.1, -0.05) is 347 Å². The van der Waals surface area contributed by atoms with Gasteiger partial charge in [-0.05, 0) is 51.4 Å². The number of unbranched alkanes of at least 4 members (excludes halogenated alkanes) is 53. The van der Waals surface area contributed by atoms with E-state index in [9.17, 15) is 19.8 Å². The van der Waals surface area contributed by atoms with Crippen LogP contribution in [0, 0.1) is 0 Å². The van der Waals surface area contributed by atoms with Crippen molar-refractivity contribution in [2.45, 2.75) is 411 Å². The van der Waals surface area contributed by atoms with Crippen molar-refractivity contribution in [2.24, 2.45) is 0 Å². The highest BCUT2D eigenvalue weighted by atomic mass is 16.5. The third kappa shape index (κ3) is 61.8. The average Bonchev–Trinajstić information content (AvgIpc) is 3.42. The maximum atomic E-state index is 12.5.